The van der Waals surface area contributed by atoms with Gasteiger partial charge in [0.25, 0.3) is 5.56 Å². The second-order valence-corrected chi connectivity index (χ2v) is 5.81. The van der Waals surface area contributed by atoms with Gasteiger partial charge < -0.3 is 9.15 Å². The first-order chi connectivity index (χ1) is 11.3. The first kappa shape index (κ1) is 13.7. The van der Waals surface area contributed by atoms with Crippen LogP contribution in [0, 0.1) is 0 Å². The molecule has 3 heterocycles. The molecule has 0 radical (unpaired) electrons. The van der Waals surface area contributed by atoms with Crippen molar-refractivity contribution >= 4 is 16.3 Å². The predicted molar refractivity (Wildman–Crippen MR) is 86.8 cm³/mol. The van der Waals surface area contributed by atoms with Crippen LogP contribution in [0.25, 0.3) is 27.0 Å². The molecular weight excluding hydrogens is 314 g/mol. The van der Waals surface area contributed by atoms with Crippen molar-refractivity contribution in [1.29, 1.82) is 0 Å². The lowest BCUT2D eigenvalue weighted by Gasteiger charge is -2.02. The van der Waals surface area contributed by atoms with Crippen LogP contribution < -0.4 is 10.3 Å². The number of rotatable bonds is 3. The van der Waals surface area contributed by atoms with Crippen LogP contribution >= 0.6 is 11.3 Å². The van der Waals surface area contributed by atoms with Crippen LogP contribution in [-0.2, 0) is 0 Å². The summed E-state index contributed by atoms with van der Waals surface area (Å²) >= 11 is 1.35. The van der Waals surface area contributed by atoms with Crippen LogP contribution in [0.4, 0.5) is 0 Å². The summed E-state index contributed by atoms with van der Waals surface area (Å²) < 4.78 is 12.0. The van der Waals surface area contributed by atoms with E-state index in [1.807, 2.05) is 30.3 Å². The van der Waals surface area contributed by atoms with Crippen molar-refractivity contribution in [3.05, 3.63) is 59.1 Å². The zero-order valence-corrected chi connectivity index (χ0v) is 12.9. The van der Waals surface area contributed by atoms with Crippen LogP contribution in [-0.4, -0.2) is 21.7 Å². The van der Waals surface area contributed by atoms with Gasteiger partial charge in [0.05, 0.1) is 18.3 Å². The van der Waals surface area contributed by atoms with Crippen molar-refractivity contribution in [3.8, 4) is 27.8 Å². The van der Waals surface area contributed by atoms with Gasteiger partial charge in [0.15, 0.2) is 5.82 Å². The summed E-state index contributed by atoms with van der Waals surface area (Å²) in [6, 6.07) is 12.5. The molecule has 0 aliphatic carbocycles. The third-order valence-corrected chi connectivity index (χ3v) is 4.41. The Morgan fingerprint density at radius 3 is 2.70 bits per heavy atom. The molecule has 0 atom stereocenters. The number of benzene rings is 1. The van der Waals surface area contributed by atoms with E-state index in [9.17, 15) is 4.79 Å². The molecule has 0 N–H and O–H groups in total. The highest BCUT2D eigenvalue weighted by atomic mass is 32.1. The van der Waals surface area contributed by atoms with Gasteiger partial charge in [0.1, 0.15) is 11.5 Å². The molecule has 0 bridgehead atoms. The Morgan fingerprint density at radius 1 is 1.17 bits per heavy atom. The third-order valence-electron chi connectivity index (χ3n) is 3.42. The Balaban J connectivity index is 1.88. The summed E-state index contributed by atoms with van der Waals surface area (Å²) in [5.74, 6) is 1.89. The molecule has 4 rings (SSSR count). The van der Waals surface area contributed by atoms with E-state index in [0.717, 1.165) is 16.2 Å². The average molecular weight is 325 g/mol. The summed E-state index contributed by atoms with van der Waals surface area (Å²) in [5, 5.41) is 8.28. The number of hydrogen-bond donors (Lipinski definition) is 0. The van der Waals surface area contributed by atoms with E-state index in [1.165, 1.54) is 21.8 Å². The molecule has 1 aromatic carbocycles. The molecule has 7 heteroatoms. The van der Waals surface area contributed by atoms with Gasteiger partial charge in [-0.1, -0.05) is 11.3 Å². The standard InChI is InChI=1S/C16H11N3O3S/c1-21-11-6-4-10(5-7-11)15-17-18-16-19(15)14(20)9-13(23-16)12-3-2-8-22-12/h2-9H,1H3. The number of hydrogen-bond acceptors (Lipinski definition) is 6. The maximum Gasteiger partial charge on any atom is 0.260 e. The molecule has 0 saturated carbocycles. The highest BCUT2D eigenvalue weighted by Gasteiger charge is 2.14. The summed E-state index contributed by atoms with van der Waals surface area (Å²) in [6.45, 7) is 0. The van der Waals surface area contributed by atoms with Crippen molar-refractivity contribution in [1.82, 2.24) is 14.6 Å². The lowest BCUT2D eigenvalue weighted by molar-refractivity contribution is 0.415. The molecule has 0 aliphatic heterocycles. The number of methoxy groups -OCH3 is 1. The minimum atomic E-state index is -0.194. The SMILES string of the molecule is COc1ccc(-c2nnc3sc(-c4ccco4)cc(=O)n23)cc1. The number of fused-ring (bicyclic) bond motifs is 1. The molecule has 0 saturated heterocycles. The summed E-state index contributed by atoms with van der Waals surface area (Å²) in [6.07, 6.45) is 1.57. The maximum atomic E-state index is 12.5. The lowest BCUT2D eigenvalue weighted by Crippen LogP contribution is -2.11. The van der Waals surface area contributed by atoms with Gasteiger partial charge in [-0.25, -0.2) is 4.40 Å². The predicted octanol–water partition coefficient (Wildman–Crippen LogP) is 3.09. The zero-order chi connectivity index (χ0) is 15.8. The largest absolute Gasteiger partial charge is 0.497 e. The fourth-order valence-corrected chi connectivity index (χ4v) is 3.23. The number of furan rings is 1. The number of aromatic nitrogens is 3. The van der Waals surface area contributed by atoms with Gasteiger partial charge in [-0.15, -0.1) is 10.2 Å². The second-order valence-electron chi connectivity index (χ2n) is 4.80. The molecule has 23 heavy (non-hydrogen) atoms. The molecule has 0 amide bonds. The molecular formula is C16H11N3O3S. The first-order valence-corrected chi connectivity index (χ1v) is 7.65. The monoisotopic (exact) mass is 325 g/mol. The molecule has 0 aliphatic rings. The van der Waals surface area contributed by atoms with E-state index >= 15 is 0 Å². The quantitative estimate of drug-likeness (QED) is 0.579. The van der Waals surface area contributed by atoms with Crippen LogP contribution in [0.15, 0.2) is 57.9 Å². The van der Waals surface area contributed by atoms with E-state index in [2.05, 4.69) is 10.2 Å². The van der Waals surface area contributed by atoms with Crippen molar-refractivity contribution in [2.24, 2.45) is 0 Å². The van der Waals surface area contributed by atoms with Gasteiger partial charge in [-0.05, 0) is 36.4 Å². The van der Waals surface area contributed by atoms with E-state index < -0.39 is 0 Å². The van der Waals surface area contributed by atoms with Gasteiger partial charge in [0.2, 0.25) is 4.96 Å². The first-order valence-electron chi connectivity index (χ1n) is 6.84. The minimum Gasteiger partial charge on any atom is -0.497 e. The van der Waals surface area contributed by atoms with Crippen LogP contribution in [0.2, 0.25) is 0 Å². The average Bonchev–Trinajstić information content (AvgIpc) is 3.24. The number of nitrogens with zero attached hydrogens (tertiary/aromatic N) is 3. The maximum absolute atomic E-state index is 12.5. The number of ether oxygens (including phenoxy) is 1. The molecule has 4 aromatic rings. The van der Waals surface area contributed by atoms with E-state index in [0.29, 0.717) is 16.5 Å². The van der Waals surface area contributed by atoms with E-state index in [4.69, 9.17) is 9.15 Å². The van der Waals surface area contributed by atoms with Crippen molar-refractivity contribution in [2.75, 3.05) is 7.11 Å². The van der Waals surface area contributed by atoms with E-state index in [1.54, 1.807) is 19.4 Å². The zero-order valence-electron chi connectivity index (χ0n) is 12.1. The van der Waals surface area contributed by atoms with Crippen molar-refractivity contribution < 1.29 is 9.15 Å². The van der Waals surface area contributed by atoms with Crippen LogP contribution in [0.5, 0.6) is 5.75 Å². The molecule has 6 nitrogen and oxygen atoms in total. The Kier molecular flexibility index (Phi) is 3.20. The normalized spacial score (nSPS) is 11.0. The fourth-order valence-electron chi connectivity index (χ4n) is 2.31. The molecule has 0 unspecified atom stereocenters. The second kappa shape index (κ2) is 5.36. The highest BCUT2D eigenvalue weighted by molar-refractivity contribution is 7.19. The summed E-state index contributed by atoms with van der Waals surface area (Å²) in [4.78, 5) is 13.7. The van der Waals surface area contributed by atoms with Crippen LogP contribution in [0.1, 0.15) is 0 Å². The molecule has 114 valence electrons. The van der Waals surface area contributed by atoms with Gasteiger partial charge >= 0.3 is 0 Å². The summed E-state index contributed by atoms with van der Waals surface area (Å²) in [7, 11) is 1.61. The Morgan fingerprint density at radius 2 is 2.00 bits per heavy atom. The van der Waals surface area contributed by atoms with Gasteiger partial charge in [-0.3, -0.25) is 4.79 Å². The topological polar surface area (TPSA) is 69.6 Å². The Hall–Kier alpha value is -2.93. The smallest absolute Gasteiger partial charge is 0.260 e. The molecule has 0 fully saturated rings. The fraction of sp³-hybridized carbons (Fsp3) is 0.0625. The van der Waals surface area contributed by atoms with Gasteiger partial charge in [0, 0.05) is 11.6 Å². The van der Waals surface area contributed by atoms with Crippen molar-refractivity contribution in [3.63, 3.8) is 0 Å². The van der Waals surface area contributed by atoms with E-state index in [-0.39, 0.29) is 5.56 Å². The molecule has 3 aromatic heterocycles. The lowest BCUT2D eigenvalue weighted by atomic mass is 10.2. The third kappa shape index (κ3) is 2.31. The summed E-state index contributed by atoms with van der Waals surface area (Å²) in [5.41, 5.74) is 0.606. The van der Waals surface area contributed by atoms with Gasteiger partial charge in [-0.2, -0.15) is 0 Å². The Labute approximate surface area is 134 Å². The highest BCUT2D eigenvalue weighted by Crippen LogP contribution is 2.27. The van der Waals surface area contributed by atoms with Crippen LogP contribution in [0.3, 0.4) is 0 Å². The van der Waals surface area contributed by atoms with Crippen molar-refractivity contribution in [2.45, 2.75) is 0 Å². The molecule has 0 spiro atoms. The Bertz CT molecular complexity index is 1020. The minimum absolute atomic E-state index is 0.194.